The molecule has 2 N–H and O–H groups in total. The smallest absolute Gasteiger partial charge is 0.229 e. The molecule has 1 amide bonds. The first-order chi connectivity index (χ1) is 11.9. The van der Waals surface area contributed by atoms with E-state index in [1.807, 2.05) is 42.5 Å². The quantitative estimate of drug-likeness (QED) is 0.737. The van der Waals surface area contributed by atoms with Crippen LogP contribution in [0.4, 0.5) is 11.4 Å². The minimum atomic E-state index is -3.31. The summed E-state index contributed by atoms with van der Waals surface area (Å²) in [7, 11) is -3.31. The van der Waals surface area contributed by atoms with Gasteiger partial charge in [0, 0.05) is 11.4 Å². The molecule has 0 aliphatic rings. The zero-order chi connectivity index (χ0) is 17.9. The Balaban J connectivity index is 1.65. The summed E-state index contributed by atoms with van der Waals surface area (Å²) in [6.07, 6.45) is 1.36. The molecule has 25 heavy (non-hydrogen) atoms. The van der Waals surface area contributed by atoms with E-state index in [4.69, 9.17) is 0 Å². The molecule has 3 aromatic carbocycles. The fourth-order valence-corrected chi connectivity index (χ4v) is 3.14. The van der Waals surface area contributed by atoms with Gasteiger partial charge in [0.25, 0.3) is 0 Å². The molecule has 0 fully saturated rings. The van der Waals surface area contributed by atoms with Gasteiger partial charge in [0.2, 0.25) is 15.9 Å². The van der Waals surface area contributed by atoms with Crippen LogP contribution in [0.15, 0.2) is 66.7 Å². The minimum absolute atomic E-state index is 0.126. The van der Waals surface area contributed by atoms with E-state index in [0.717, 1.165) is 22.6 Å². The second kappa shape index (κ2) is 6.94. The maximum Gasteiger partial charge on any atom is 0.229 e. The average molecular weight is 354 g/mol. The van der Waals surface area contributed by atoms with Crippen molar-refractivity contribution in [3.63, 3.8) is 0 Å². The van der Waals surface area contributed by atoms with Gasteiger partial charge in [-0.1, -0.05) is 42.5 Å². The Hall–Kier alpha value is -2.86. The van der Waals surface area contributed by atoms with Crippen LogP contribution in [0.3, 0.4) is 0 Å². The normalized spacial score (nSPS) is 11.2. The number of hydrogen-bond donors (Lipinski definition) is 2. The van der Waals surface area contributed by atoms with Crippen LogP contribution in [-0.2, 0) is 21.2 Å². The fourth-order valence-electron chi connectivity index (χ4n) is 2.58. The van der Waals surface area contributed by atoms with Crippen LogP contribution in [0.2, 0.25) is 0 Å². The van der Waals surface area contributed by atoms with Gasteiger partial charge in [0.15, 0.2) is 0 Å². The summed E-state index contributed by atoms with van der Waals surface area (Å²) >= 11 is 0. The standard InChI is InChI=1S/C19H18N2O3S/c1-25(23,24)21-18-10-8-17(9-11-18)20-19(22)13-14-6-7-15-4-2-3-5-16(15)12-14/h2-12,21H,13H2,1H3,(H,20,22). The van der Waals surface area contributed by atoms with Crippen molar-refractivity contribution >= 4 is 38.1 Å². The number of rotatable bonds is 5. The van der Waals surface area contributed by atoms with Crippen LogP contribution in [-0.4, -0.2) is 20.6 Å². The molecule has 0 aliphatic carbocycles. The van der Waals surface area contributed by atoms with Crippen molar-refractivity contribution < 1.29 is 13.2 Å². The fraction of sp³-hybridized carbons (Fsp3) is 0.105. The van der Waals surface area contributed by atoms with Gasteiger partial charge in [0.1, 0.15) is 0 Å². The van der Waals surface area contributed by atoms with Crippen LogP contribution >= 0.6 is 0 Å². The molecule has 0 aliphatic heterocycles. The first-order valence-electron chi connectivity index (χ1n) is 7.74. The molecular weight excluding hydrogens is 336 g/mol. The molecule has 3 aromatic rings. The van der Waals surface area contributed by atoms with Crippen molar-refractivity contribution in [2.75, 3.05) is 16.3 Å². The van der Waals surface area contributed by atoms with E-state index in [-0.39, 0.29) is 12.3 Å². The number of fused-ring (bicyclic) bond motifs is 1. The van der Waals surface area contributed by atoms with Crippen LogP contribution in [0.1, 0.15) is 5.56 Å². The zero-order valence-electron chi connectivity index (χ0n) is 13.7. The van der Waals surface area contributed by atoms with Crippen molar-refractivity contribution in [2.24, 2.45) is 0 Å². The highest BCUT2D eigenvalue weighted by Crippen LogP contribution is 2.17. The summed E-state index contributed by atoms with van der Waals surface area (Å²) in [5.74, 6) is -0.126. The number of carbonyl (C=O) groups is 1. The lowest BCUT2D eigenvalue weighted by Crippen LogP contribution is -2.14. The first kappa shape index (κ1) is 17.0. The largest absolute Gasteiger partial charge is 0.326 e. The monoisotopic (exact) mass is 354 g/mol. The molecular formula is C19H18N2O3S. The van der Waals surface area contributed by atoms with E-state index in [0.29, 0.717) is 11.4 Å². The van der Waals surface area contributed by atoms with Crippen LogP contribution < -0.4 is 10.0 Å². The number of sulfonamides is 1. The lowest BCUT2D eigenvalue weighted by atomic mass is 10.0. The van der Waals surface area contributed by atoms with Crippen molar-refractivity contribution in [3.8, 4) is 0 Å². The Bertz CT molecular complexity index is 1010. The third-order valence-electron chi connectivity index (χ3n) is 3.65. The Morgan fingerprint density at radius 2 is 1.52 bits per heavy atom. The van der Waals surface area contributed by atoms with Crippen molar-refractivity contribution in [3.05, 3.63) is 72.3 Å². The summed E-state index contributed by atoms with van der Waals surface area (Å²) in [5, 5.41) is 5.05. The second-order valence-corrected chi connectivity index (χ2v) is 7.61. The third-order valence-corrected chi connectivity index (χ3v) is 4.26. The van der Waals surface area contributed by atoms with Crippen LogP contribution in [0, 0.1) is 0 Å². The molecule has 0 heterocycles. The number of amides is 1. The number of carbonyl (C=O) groups excluding carboxylic acids is 1. The summed E-state index contributed by atoms with van der Waals surface area (Å²) in [6.45, 7) is 0. The van der Waals surface area contributed by atoms with E-state index in [1.165, 1.54) is 0 Å². The molecule has 0 unspecified atom stereocenters. The predicted octanol–water partition coefficient (Wildman–Crippen LogP) is 3.39. The van der Waals surface area contributed by atoms with Gasteiger partial charge >= 0.3 is 0 Å². The molecule has 0 bridgehead atoms. The van der Waals surface area contributed by atoms with Crippen LogP contribution in [0.5, 0.6) is 0 Å². The van der Waals surface area contributed by atoms with E-state index in [9.17, 15) is 13.2 Å². The lowest BCUT2D eigenvalue weighted by Gasteiger charge is -2.08. The Morgan fingerprint density at radius 1 is 0.880 bits per heavy atom. The summed E-state index contributed by atoms with van der Waals surface area (Å²) in [6, 6.07) is 20.5. The SMILES string of the molecule is CS(=O)(=O)Nc1ccc(NC(=O)Cc2ccc3ccccc3c2)cc1. The molecule has 0 spiro atoms. The molecule has 0 saturated heterocycles. The average Bonchev–Trinajstić information content (AvgIpc) is 2.55. The van der Waals surface area contributed by atoms with Gasteiger partial charge in [-0.2, -0.15) is 0 Å². The van der Waals surface area contributed by atoms with Gasteiger partial charge < -0.3 is 5.32 Å². The second-order valence-electron chi connectivity index (χ2n) is 5.86. The Labute approximate surface area is 146 Å². The number of hydrogen-bond acceptors (Lipinski definition) is 3. The predicted molar refractivity (Wildman–Crippen MR) is 101 cm³/mol. The highest BCUT2D eigenvalue weighted by Gasteiger charge is 2.06. The van der Waals surface area contributed by atoms with Gasteiger partial charge in [-0.25, -0.2) is 8.42 Å². The van der Waals surface area contributed by atoms with E-state index >= 15 is 0 Å². The van der Waals surface area contributed by atoms with Crippen molar-refractivity contribution in [1.29, 1.82) is 0 Å². The zero-order valence-corrected chi connectivity index (χ0v) is 14.5. The highest BCUT2D eigenvalue weighted by atomic mass is 32.2. The topological polar surface area (TPSA) is 75.3 Å². The molecule has 6 heteroatoms. The molecule has 0 atom stereocenters. The minimum Gasteiger partial charge on any atom is -0.326 e. The number of nitrogens with one attached hydrogen (secondary N) is 2. The first-order valence-corrected chi connectivity index (χ1v) is 9.64. The number of benzene rings is 3. The van der Waals surface area contributed by atoms with Crippen LogP contribution in [0.25, 0.3) is 10.8 Å². The van der Waals surface area contributed by atoms with Gasteiger partial charge in [-0.05, 0) is 40.6 Å². The summed E-state index contributed by atoms with van der Waals surface area (Å²) < 4.78 is 24.7. The third kappa shape index (κ3) is 4.81. The van der Waals surface area contributed by atoms with Crippen molar-refractivity contribution in [1.82, 2.24) is 0 Å². The molecule has 5 nitrogen and oxygen atoms in total. The molecule has 128 valence electrons. The maximum absolute atomic E-state index is 12.2. The summed E-state index contributed by atoms with van der Waals surface area (Å²) in [4.78, 5) is 12.2. The lowest BCUT2D eigenvalue weighted by molar-refractivity contribution is -0.115. The van der Waals surface area contributed by atoms with E-state index < -0.39 is 10.0 Å². The van der Waals surface area contributed by atoms with E-state index in [1.54, 1.807) is 24.3 Å². The Morgan fingerprint density at radius 3 is 2.20 bits per heavy atom. The van der Waals surface area contributed by atoms with Gasteiger partial charge in [-0.15, -0.1) is 0 Å². The number of anilines is 2. The van der Waals surface area contributed by atoms with Gasteiger partial charge in [-0.3, -0.25) is 9.52 Å². The Kier molecular flexibility index (Phi) is 4.72. The van der Waals surface area contributed by atoms with Crippen molar-refractivity contribution in [2.45, 2.75) is 6.42 Å². The molecule has 0 radical (unpaired) electrons. The molecule has 0 saturated carbocycles. The van der Waals surface area contributed by atoms with Gasteiger partial charge in [0.05, 0.1) is 12.7 Å². The van der Waals surface area contributed by atoms with E-state index in [2.05, 4.69) is 10.0 Å². The molecule has 0 aromatic heterocycles. The molecule has 3 rings (SSSR count). The highest BCUT2D eigenvalue weighted by molar-refractivity contribution is 7.92. The maximum atomic E-state index is 12.2. The summed E-state index contributed by atoms with van der Waals surface area (Å²) in [5.41, 5.74) is 2.01.